The number of benzene rings is 1. The first-order valence-corrected chi connectivity index (χ1v) is 8.39. The highest BCUT2D eigenvalue weighted by molar-refractivity contribution is 5.96. The van der Waals surface area contributed by atoms with E-state index in [0.29, 0.717) is 26.1 Å². The maximum Gasteiger partial charge on any atom is 0.241 e. The monoisotopic (exact) mass is 318 g/mol. The SMILES string of the molecule is Cc1ccc2c(c1)CCCN2C(=O)CN1CCC(C)(O)C(O)C1. The molecule has 2 atom stereocenters. The number of aliphatic hydroxyl groups is 2. The van der Waals surface area contributed by atoms with Gasteiger partial charge in [0.15, 0.2) is 0 Å². The number of aliphatic hydroxyl groups excluding tert-OH is 1. The van der Waals surface area contributed by atoms with Crippen LogP contribution in [0.25, 0.3) is 0 Å². The van der Waals surface area contributed by atoms with Crippen LogP contribution >= 0.6 is 0 Å². The number of fused-ring (bicyclic) bond motifs is 1. The number of hydrogen-bond donors (Lipinski definition) is 2. The number of rotatable bonds is 2. The van der Waals surface area contributed by atoms with E-state index in [4.69, 9.17) is 0 Å². The van der Waals surface area contributed by atoms with E-state index in [1.54, 1.807) is 6.92 Å². The highest BCUT2D eigenvalue weighted by Crippen LogP contribution is 2.28. The van der Waals surface area contributed by atoms with Crippen molar-refractivity contribution in [1.29, 1.82) is 0 Å². The van der Waals surface area contributed by atoms with Gasteiger partial charge in [-0.25, -0.2) is 0 Å². The average molecular weight is 318 g/mol. The van der Waals surface area contributed by atoms with Gasteiger partial charge in [-0.2, -0.15) is 0 Å². The number of piperidine rings is 1. The second-order valence-electron chi connectivity index (χ2n) is 7.14. The summed E-state index contributed by atoms with van der Waals surface area (Å²) in [4.78, 5) is 16.5. The molecule has 1 amide bonds. The molecule has 1 fully saturated rings. The summed E-state index contributed by atoms with van der Waals surface area (Å²) in [6, 6.07) is 6.25. The van der Waals surface area contributed by atoms with Crippen LogP contribution in [-0.4, -0.2) is 58.9 Å². The Kier molecular flexibility index (Phi) is 4.45. The number of carbonyl (C=O) groups excluding carboxylic acids is 1. The molecule has 0 aliphatic carbocycles. The van der Waals surface area contributed by atoms with E-state index in [1.165, 1.54) is 11.1 Å². The fourth-order valence-electron chi connectivity index (χ4n) is 3.49. The van der Waals surface area contributed by atoms with Crippen LogP contribution in [0.3, 0.4) is 0 Å². The van der Waals surface area contributed by atoms with E-state index in [9.17, 15) is 15.0 Å². The van der Waals surface area contributed by atoms with Crippen LogP contribution < -0.4 is 4.90 Å². The lowest BCUT2D eigenvalue weighted by Crippen LogP contribution is -2.55. The zero-order valence-corrected chi connectivity index (χ0v) is 14.0. The first kappa shape index (κ1) is 16.4. The van der Waals surface area contributed by atoms with Gasteiger partial charge in [0, 0.05) is 25.3 Å². The summed E-state index contributed by atoms with van der Waals surface area (Å²) in [5, 5.41) is 20.0. The molecule has 0 bridgehead atoms. The Balaban J connectivity index is 1.68. The molecule has 3 rings (SSSR count). The van der Waals surface area contributed by atoms with Crippen molar-refractivity contribution < 1.29 is 15.0 Å². The minimum Gasteiger partial charge on any atom is -0.389 e. The van der Waals surface area contributed by atoms with Crippen LogP contribution in [0.1, 0.15) is 30.9 Å². The molecule has 2 aliphatic heterocycles. The van der Waals surface area contributed by atoms with Crippen molar-refractivity contribution in [3.63, 3.8) is 0 Å². The summed E-state index contributed by atoms with van der Waals surface area (Å²) < 4.78 is 0. The van der Waals surface area contributed by atoms with Gasteiger partial charge in [-0.05, 0) is 44.7 Å². The van der Waals surface area contributed by atoms with Crippen LogP contribution in [0.5, 0.6) is 0 Å². The van der Waals surface area contributed by atoms with Crippen molar-refractivity contribution in [1.82, 2.24) is 4.90 Å². The van der Waals surface area contributed by atoms with Crippen LogP contribution in [0, 0.1) is 6.92 Å². The zero-order chi connectivity index (χ0) is 16.6. The Bertz CT molecular complexity index is 600. The topological polar surface area (TPSA) is 64.0 Å². The molecular weight excluding hydrogens is 292 g/mol. The first-order chi connectivity index (χ1) is 10.9. The molecule has 2 heterocycles. The summed E-state index contributed by atoms with van der Waals surface area (Å²) in [6.45, 7) is 5.74. The van der Waals surface area contributed by atoms with Gasteiger partial charge < -0.3 is 15.1 Å². The number of anilines is 1. The Labute approximate surface area is 137 Å². The third kappa shape index (κ3) is 3.42. The van der Waals surface area contributed by atoms with Gasteiger partial charge in [0.25, 0.3) is 0 Å². The Hall–Kier alpha value is -1.43. The predicted molar refractivity (Wildman–Crippen MR) is 89.5 cm³/mol. The minimum atomic E-state index is -1.05. The summed E-state index contributed by atoms with van der Waals surface area (Å²) in [5.74, 6) is 0.0727. The quantitative estimate of drug-likeness (QED) is 0.857. The molecule has 1 saturated heterocycles. The maximum atomic E-state index is 12.7. The second kappa shape index (κ2) is 6.23. The van der Waals surface area contributed by atoms with E-state index in [-0.39, 0.29) is 5.91 Å². The molecule has 2 unspecified atom stereocenters. The molecule has 1 aromatic rings. The third-order valence-corrected chi connectivity index (χ3v) is 5.10. The van der Waals surface area contributed by atoms with Crippen molar-refractivity contribution >= 4 is 11.6 Å². The standard InChI is InChI=1S/C18H26N2O3/c1-13-5-6-15-14(10-13)4-3-8-20(15)17(22)12-19-9-7-18(2,23)16(21)11-19/h5-6,10,16,21,23H,3-4,7-9,11-12H2,1-2H3. The van der Waals surface area contributed by atoms with E-state index >= 15 is 0 Å². The molecule has 126 valence electrons. The third-order valence-electron chi connectivity index (χ3n) is 5.10. The average Bonchev–Trinajstić information content (AvgIpc) is 2.50. The van der Waals surface area contributed by atoms with Gasteiger partial charge >= 0.3 is 0 Å². The van der Waals surface area contributed by atoms with Gasteiger partial charge in [-0.1, -0.05) is 17.7 Å². The molecule has 2 N–H and O–H groups in total. The molecule has 0 spiro atoms. The Morgan fingerprint density at radius 1 is 1.39 bits per heavy atom. The smallest absolute Gasteiger partial charge is 0.241 e. The van der Waals surface area contributed by atoms with Gasteiger partial charge in [0.05, 0.1) is 18.2 Å². The van der Waals surface area contributed by atoms with Crippen LogP contribution in [-0.2, 0) is 11.2 Å². The number of nitrogens with zero attached hydrogens (tertiary/aromatic N) is 2. The lowest BCUT2D eigenvalue weighted by molar-refractivity contribution is -0.127. The number of carbonyl (C=O) groups is 1. The fourth-order valence-corrected chi connectivity index (χ4v) is 3.49. The van der Waals surface area contributed by atoms with Crippen molar-refractivity contribution in [2.24, 2.45) is 0 Å². The Morgan fingerprint density at radius 2 is 2.17 bits per heavy atom. The van der Waals surface area contributed by atoms with E-state index in [2.05, 4.69) is 13.0 Å². The highest BCUT2D eigenvalue weighted by Gasteiger charge is 2.37. The molecule has 5 heteroatoms. The summed E-state index contributed by atoms with van der Waals surface area (Å²) >= 11 is 0. The molecule has 0 radical (unpaired) electrons. The van der Waals surface area contributed by atoms with Crippen molar-refractivity contribution in [3.8, 4) is 0 Å². The van der Waals surface area contributed by atoms with Gasteiger partial charge in [0.1, 0.15) is 0 Å². The van der Waals surface area contributed by atoms with E-state index < -0.39 is 11.7 Å². The number of hydrogen-bond acceptors (Lipinski definition) is 4. The zero-order valence-electron chi connectivity index (χ0n) is 14.0. The fraction of sp³-hybridized carbons (Fsp3) is 0.611. The number of aryl methyl sites for hydroxylation is 2. The molecule has 5 nitrogen and oxygen atoms in total. The molecular formula is C18H26N2O3. The van der Waals surface area contributed by atoms with Crippen molar-refractivity contribution in [3.05, 3.63) is 29.3 Å². The normalized spacial score (nSPS) is 28.5. The van der Waals surface area contributed by atoms with Crippen molar-refractivity contribution in [2.45, 2.75) is 44.8 Å². The minimum absolute atomic E-state index is 0.0727. The number of β-amino-alcohol motifs (C(OH)–C–C–N with tert-alkyl or cyclic N) is 1. The van der Waals surface area contributed by atoms with Crippen LogP contribution in [0.2, 0.25) is 0 Å². The summed E-state index contributed by atoms with van der Waals surface area (Å²) in [6.07, 6.45) is 1.68. The van der Waals surface area contributed by atoms with Crippen LogP contribution in [0.4, 0.5) is 5.69 Å². The second-order valence-corrected chi connectivity index (χ2v) is 7.14. The van der Waals surface area contributed by atoms with Gasteiger partial charge in [-0.3, -0.25) is 9.69 Å². The molecule has 23 heavy (non-hydrogen) atoms. The lowest BCUT2D eigenvalue weighted by Gasteiger charge is -2.40. The van der Waals surface area contributed by atoms with Crippen LogP contribution in [0.15, 0.2) is 18.2 Å². The summed E-state index contributed by atoms with van der Waals surface area (Å²) in [7, 11) is 0. The Morgan fingerprint density at radius 3 is 2.91 bits per heavy atom. The molecule has 0 aromatic heterocycles. The largest absolute Gasteiger partial charge is 0.389 e. The van der Waals surface area contributed by atoms with Crippen molar-refractivity contribution in [2.75, 3.05) is 31.1 Å². The molecule has 2 aliphatic rings. The highest BCUT2D eigenvalue weighted by atomic mass is 16.3. The number of amides is 1. The summed E-state index contributed by atoms with van der Waals surface area (Å²) in [5.41, 5.74) is 2.44. The predicted octanol–water partition coefficient (Wildman–Crippen LogP) is 1.09. The molecule has 1 aromatic carbocycles. The molecule has 0 saturated carbocycles. The van der Waals surface area contributed by atoms with Gasteiger partial charge in [-0.15, -0.1) is 0 Å². The number of likely N-dealkylation sites (tertiary alicyclic amines) is 1. The first-order valence-electron chi connectivity index (χ1n) is 8.39. The van der Waals surface area contributed by atoms with E-state index in [0.717, 1.165) is 25.1 Å². The maximum absolute atomic E-state index is 12.7. The van der Waals surface area contributed by atoms with Gasteiger partial charge in [0.2, 0.25) is 5.91 Å². The lowest BCUT2D eigenvalue weighted by atomic mass is 9.91. The van der Waals surface area contributed by atoms with E-state index in [1.807, 2.05) is 21.9 Å².